The quantitative estimate of drug-likeness (QED) is 0.816. The van der Waals surface area contributed by atoms with E-state index in [1.807, 2.05) is 0 Å². The summed E-state index contributed by atoms with van der Waals surface area (Å²) in [6.07, 6.45) is 4.60. The van der Waals surface area contributed by atoms with Crippen LogP contribution >= 0.6 is 0 Å². The molecule has 0 aliphatic heterocycles. The van der Waals surface area contributed by atoms with E-state index in [0.29, 0.717) is 5.56 Å². The van der Waals surface area contributed by atoms with Gasteiger partial charge >= 0.3 is 0 Å². The average Bonchev–Trinajstić information content (AvgIpc) is 2.79. The fourth-order valence-electron chi connectivity index (χ4n) is 2.02. The van der Waals surface area contributed by atoms with Gasteiger partial charge in [0.2, 0.25) is 5.91 Å². The van der Waals surface area contributed by atoms with Crippen LogP contribution in [0.25, 0.3) is 0 Å². The van der Waals surface area contributed by atoms with E-state index in [1.165, 1.54) is 12.1 Å². The maximum Gasteiger partial charge on any atom is 0.247 e. The molecule has 0 atom stereocenters. The molecule has 0 bridgehead atoms. The molecule has 1 aromatic carbocycles. The molecule has 1 aromatic rings. The van der Waals surface area contributed by atoms with Crippen LogP contribution in [0.15, 0.2) is 24.3 Å². The lowest BCUT2D eigenvalue weighted by molar-refractivity contribution is -0.137. The van der Waals surface area contributed by atoms with Crippen LogP contribution in [0.5, 0.6) is 0 Å². The van der Waals surface area contributed by atoms with Crippen LogP contribution < -0.4 is 5.48 Å². The van der Waals surface area contributed by atoms with Crippen molar-refractivity contribution < 1.29 is 14.0 Å². The second kappa shape index (κ2) is 5.77. The normalized spacial score (nSPS) is 16.1. The molecule has 1 saturated carbocycles. The smallest absolute Gasteiger partial charge is 0.247 e. The summed E-state index contributed by atoms with van der Waals surface area (Å²) in [4.78, 5) is 16.8. The third kappa shape index (κ3) is 3.82. The van der Waals surface area contributed by atoms with E-state index >= 15 is 0 Å². The molecule has 0 radical (unpaired) electrons. The summed E-state index contributed by atoms with van der Waals surface area (Å²) < 4.78 is 12.9. The van der Waals surface area contributed by atoms with Crippen molar-refractivity contribution in [3.05, 3.63) is 35.6 Å². The molecule has 1 N–H and O–H groups in total. The SMILES string of the molecule is O=C(Cc1cccc(F)c1)NOC1CCCC1. The molecule has 17 heavy (non-hydrogen) atoms. The zero-order valence-electron chi connectivity index (χ0n) is 9.62. The number of carbonyl (C=O) groups is 1. The van der Waals surface area contributed by atoms with Gasteiger partial charge in [-0.05, 0) is 30.5 Å². The maximum atomic E-state index is 12.9. The highest BCUT2D eigenvalue weighted by molar-refractivity contribution is 5.77. The molecule has 0 heterocycles. The fourth-order valence-corrected chi connectivity index (χ4v) is 2.02. The van der Waals surface area contributed by atoms with Crippen molar-refractivity contribution in [2.75, 3.05) is 0 Å². The lowest BCUT2D eigenvalue weighted by Crippen LogP contribution is -2.29. The number of halogens is 1. The molecule has 1 aliphatic carbocycles. The van der Waals surface area contributed by atoms with Gasteiger partial charge in [-0.15, -0.1) is 0 Å². The highest BCUT2D eigenvalue weighted by atomic mass is 19.1. The molecule has 0 spiro atoms. The summed E-state index contributed by atoms with van der Waals surface area (Å²) in [5.41, 5.74) is 3.08. The average molecular weight is 237 g/mol. The molecule has 92 valence electrons. The van der Waals surface area contributed by atoms with Crippen LogP contribution in [-0.2, 0) is 16.1 Å². The predicted octanol–water partition coefficient (Wildman–Crippen LogP) is 2.36. The number of amides is 1. The minimum atomic E-state index is -0.327. The summed E-state index contributed by atoms with van der Waals surface area (Å²) in [5.74, 6) is -0.561. The topological polar surface area (TPSA) is 38.3 Å². The van der Waals surface area contributed by atoms with Crippen molar-refractivity contribution in [1.29, 1.82) is 0 Å². The first-order valence-corrected chi connectivity index (χ1v) is 5.93. The van der Waals surface area contributed by atoms with Crippen molar-refractivity contribution >= 4 is 5.91 Å². The monoisotopic (exact) mass is 237 g/mol. The Balaban J connectivity index is 1.76. The van der Waals surface area contributed by atoms with Crippen molar-refractivity contribution in [2.24, 2.45) is 0 Å². The number of benzene rings is 1. The van der Waals surface area contributed by atoms with Crippen LogP contribution in [0.4, 0.5) is 4.39 Å². The van der Waals surface area contributed by atoms with E-state index < -0.39 is 0 Å². The first-order chi connectivity index (χ1) is 8.24. The number of carbonyl (C=O) groups excluding carboxylic acids is 1. The van der Waals surface area contributed by atoms with E-state index in [-0.39, 0.29) is 24.2 Å². The van der Waals surface area contributed by atoms with Crippen molar-refractivity contribution in [3.8, 4) is 0 Å². The number of hydroxylamine groups is 1. The maximum absolute atomic E-state index is 12.9. The van der Waals surface area contributed by atoms with Gasteiger partial charge in [-0.25, -0.2) is 9.87 Å². The molecule has 4 heteroatoms. The van der Waals surface area contributed by atoms with E-state index in [4.69, 9.17) is 4.84 Å². The second-order valence-corrected chi connectivity index (χ2v) is 4.36. The summed E-state index contributed by atoms with van der Waals surface area (Å²) in [6, 6.07) is 6.03. The van der Waals surface area contributed by atoms with Gasteiger partial charge in [-0.2, -0.15) is 0 Å². The van der Waals surface area contributed by atoms with E-state index in [1.54, 1.807) is 12.1 Å². The minimum absolute atomic E-state index is 0.143. The van der Waals surface area contributed by atoms with Crippen LogP contribution in [0, 0.1) is 5.82 Å². The standard InChI is InChI=1S/C13H16FNO2/c14-11-5-3-4-10(8-11)9-13(16)15-17-12-6-1-2-7-12/h3-5,8,12H,1-2,6-7,9H2,(H,15,16). The molecular weight excluding hydrogens is 221 g/mol. The van der Waals surface area contributed by atoms with Crippen LogP contribution in [0.1, 0.15) is 31.2 Å². The summed E-state index contributed by atoms with van der Waals surface area (Å²) >= 11 is 0. The third-order valence-corrected chi connectivity index (χ3v) is 2.90. The van der Waals surface area contributed by atoms with Crippen LogP contribution in [0.3, 0.4) is 0 Å². The molecule has 3 nitrogen and oxygen atoms in total. The Kier molecular flexibility index (Phi) is 4.09. The van der Waals surface area contributed by atoms with Gasteiger partial charge in [0.1, 0.15) is 5.82 Å². The van der Waals surface area contributed by atoms with E-state index in [9.17, 15) is 9.18 Å². The molecule has 0 saturated heterocycles. The van der Waals surface area contributed by atoms with Crippen molar-refractivity contribution in [2.45, 2.75) is 38.2 Å². The van der Waals surface area contributed by atoms with Crippen LogP contribution in [-0.4, -0.2) is 12.0 Å². The lowest BCUT2D eigenvalue weighted by Gasteiger charge is -2.11. The van der Waals surface area contributed by atoms with Crippen molar-refractivity contribution in [3.63, 3.8) is 0 Å². The lowest BCUT2D eigenvalue weighted by atomic mass is 10.1. The first-order valence-electron chi connectivity index (χ1n) is 5.93. The number of hydrogen-bond acceptors (Lipinski definition) is 2. The summed E-state index contributed by atoms with van der Waals surface area (Å²) in [7, 11) is 0. The van der Waals surface area contributed by atoms with Gasteiger partial charge < -0.3 is 0 Å². The molecule has 1 aliphatic rings. The predicted molar refractivity (Wildman–Crippen MR) is 61.6 cm³/mol. The zero-order chi connectivity index (χ0) is 12.1. The Labute approximate surface area is 99.9 Å². The van der Waals surface area contributed by atoms with Gasteiger partial charge in [0.25, 0.3) is 0 Å². The summed E-state index contributed by atoms with van der Waals surface area (Å²) in [5, 5.41) is 0. The molecule has 1 fully saturated rings. The van der Waals surface area contributed by atoms with E-state index in [2.05, 4.69) is 5.48 Å². The van der Waals surface area contributed by atoms with Gasteiger partial charge in [0, 0.05) is 0 Å². The highest BCUT2D eigenvalue weighted by Gasteiger charge is 2.16. The Hall–Kier alpha value is -1.42. The fraction of sp³-hybridized carbons (Fsp3) is 0.462. The third-order valence-electron chi connectivity index (χ3n) is 2.90. The Morgan fingerprint density at radius 1 is 1.41 bits per heavy atom. The minimum Gasteiger partial charge on any atom is -0.272 e. The molecule has 1 amide bonds. The number of hydrogen-bond donors (Lipinski definition) is 1. The van der Waals surface area contributed by atoms with Crippen LogP contribution in [0.2, 0.25) is 0 Å². The molecular formula is C13H16FNO2. The molecule has 0 aromatic heterocycles. The largest absolute Gasteiger partial charge is 0.272 e. The zero-order valence-corrected chi connectivity index (χ0v) is 9.62. The Morgan fingerprint density at radius 2 is 2.18 bits per heavy atom. The van der Waals surface area contributed by atoms with Gasteiger partial charge in [0.05, 0.1) is 12.5 Å². The Bertz CT molecular complexity index is 389. The number of nitrogens with one attached hydrogen (secondary N) is 1. The summed E-state index contributed by atoms with van der Waals surface area (Å²) in [6.45, 7) is 0. The van der Waals surface area contributed by atoms with E-state index in [0.717, 1.165) is 25.7 Å². The first kappa shape index (κ1) is 12.0. The van der Waals surface area contributed by atoms with Crippen molar-refractivity contribution in [1.82, 2.24) is 5.48 Å². The highest BCUT2D eigenvalue weighted by Crippen LogP contribution is 2.19. The Morgan fingerprint density at radius 3 is 2.88 bits per heavy atom. The second-order valence-electron chi connectivity index (χ2n) is 4.36. The number of rotatable bonds is 4. The van der Waals surface area contributed by atoms with Gasteiger partial charge in [-0.3, -0.25) is 9.63 Å². The van der Waals surface area contributed by atoms with Gasteiger partial charge in [0.15, 0.2) is 0 Å². The molecule has 2 rings (SSSR count). The molecule has 0 unspecified atom stereocenters. The van der Waals surface area contributed by atoms with Gasteiger partial charge in [-0.1, -0.05) is 25.0 Å².